The molecule has 0 radical (unpaired) electrons. The number of para-hydroxylation sites is 1. The smallest absolute Gasteiger partial charge is 0.278 e. The maximum atomic E-state index is 12.8. The summed E-state index contributed by atoms with van der Waals surface area (Å²) in [5.41, 5.74) is 3.66. The molecule has 4 nitrogen and oxygen atoms in total. The maximum Gasteiger partial charge on any atom is 0.278 e. The average Bonchev–Trinajstić information content (AvgIpc) is 3.53. The molecule has 0 amide bonds. The van der Waals surface area contributed by atoms with Crippen molar-refractivity contribution in [1.82, 2.24) is 4.90 Å². The number of hydrogen-bond acceptors (Lipinski definition) is 5. The molecule has 2 aliphatic rings. The molecule has 2 aliphatic heterocycles. The fraction of sp³-hybridized carbons (Fsp3) is 0.440. The molecular weight excluding hydrogens is 426 g/mol. The van der Waals surface area contributed by atoms with Crippen molar-refractivity contribution in [3.63, 3.8) is 0 Å². The van der Waals surface area contributed by atoms with Gasteiger partial charge in [-0.2, -0.15) is 10.2 Å². The zero-order valence-electron chi connectivity index (χ0n) is 18.9. The van der Waals surface area contributed by atoms with Gasteiger partial charge in [0.15, 0.2) is 0 Å². The minimum absolute atomic E-state index is 0.125. The summed E-state index contributed by atoms with van der Waals surface area (Å²) in [6.07, 6.45) is 0.213. The van der Waals surface area contributed by atoms with E-state index in [9.17, 15) is 8.78 Å². The lowest BCUT2D eigenvalue weighted by Gasteiger charge is -2.25. The quantitative estimate of drug-likeness (QED) is 0.415. The lowest BCUT2D eigenvalue weighted by molar-refractivity contribution is 0.224. The summed E-state index contributed by atoms with van der Waals surface area (Å²) in [4.78, 5) is 2.53. The zero-order chi connectivity index (χ0) is 22.8. The van der Waals surface area contributed by atoms with Gasteiger partial charge in [-0.25, -0.2) is 8.78 Å². The van der Waals surface area contributed by atoms with Crippen LogP contribution in [0.1, 0.15) is 44.2 Å². The highest BCUT2D eigenvalue weighted by molar-refractivity contribution is 8.00. The highest BCUT2D eigenvalue weighted by Gasteiger charge is 2.21. The molecule has 172 valence electrons. The molecular formula is C25H32F2N4S. The largest absolute Gasteiger partial charge is 0.312 e. The first-order valence-electron chi connectivity index (χ1n) is 11.4. The molecule has 0 atom stereocenters. The van der Waals surface area contributed by atoms with E-state index in [-0.39, 0.29) is 12.1 Å². The summed E-state index contributed by atoms with van der Waals surface area (Å²) in [5, 5.41) is 7.54. The number of hydrogen-bond donors (Lipinski definition) is 0. The van der Waals surface area contributed by atoms with E-state index in [0.29, 0.717) is 5.71 Å². The van der Waals surface area contributed by atoms with Crippen LogP contribution in [-0.4, -0.2) is 48.1 Å². The highest BCUT2D eigenvalue weighted by atomic mass is 32.2. The molecule has 0 N–H and O–H groups in total. The topological polar surface area (TPSA) is 31.2 Å². The normalized spacial score (nSPS) is 15.9. The minimum Gasteiger partial charge on any atom is -0.312 e. The summed E-state index contributed by atoms with van der Waals surface area (Å²) in [7, 11) is 0. The second-order valence-electron chi connectivity index (χ2n) is 7.57. The molecule has 0 saturated carbocycles. The third-order valence-electron chi connectivity index (χ3n) is 5.41. The summed E-state index contributed by atoms with van der Waals surface area (Å²) in [6, 6.07) is 18.4. The van der Waals surface area contributed by atoms with Crippen LogP contribution in [0.15, 0.2) is 64.8 Å². The number of alkyl halides is 2. The monoisotopic (exact) mass is 458 g/mol. The number of anilines is 1. The fourth-order valence-electron chi connectivity index (χ4n) is 3.71. The SMILES string of the molecule is CC.FC(F)C1=NN=C(c2ccc(CN(SCCN3CCCC3)c3ccccc3)cc2)C1. The molecule has 0 aromatic heterocycles. The van der Waals surface area contributed by atoms with Crippen LogP contribution in [0.3, 0.4) is 0 Å². The number of nitrogens with zero attached hydrogens (tertiary/aromatic N) is 4. The predicted molar refractivity (Wildman–Crippen MR) is 133 cm³/mol. The van der Waals surface area contributed by atoms with E-state index in [1.807, 2.05) is 44.0 Å². The van der Waals surface area contributed by atoms with Gasteiger partial charge >= 0.3 is 0 Å². The van der Waals surface area contributed by atoms with Crippen LogP contribution in [0.5, 0.6) is 0 Å². The Morgan fingerprint density at radius 1 is 0.969 bits per heavy atom. The first kappa shape index (κ1) is 24.4. The molecule has 4 rings (SSSR count). The Hall–Kier alpha value is -2.25. The Labute approximate surface area is 194 Å². The Kier molecular flexibility index (Phi) is 9.68. The van der Waals surface area contributed by atoms with Gasteiger partial charge in [0.05, 0.1) is 12.3 Å². The third-order valence-corrected chi connectivity index (χ3v) is 6.43. The maximum absolute atomic E-state index is 12.8. The van der Waals surface area contributed by atoms with Crippen molar-refractivity contribution in [2.24, 2.45) is 10.2 Å². The van der Waals surface area contributed by atoms with Crippen molar-refractivity contribution < 1.29 is 8.78 Å². The molecule has 0 unspecified atom stereocenters. The molecule has 2 aromatic rings. The van der Waals surface area contributed by atoms with E-state index in [1.54, 1.807) is 0 Å². The van der Waals surface area contributed by atoms with E-state index in [1.165, 1.54) is 37.2 Å². The van der Waals surface area contributed by atoms with E-state index >= 15 is 0 Å². The fourth-order valence-corrected chi connectivity index (χ4v) is 4.78. The number of rotatable bonds is 9. The van der Waals surface area contributed by atoms with Gasteiger partial charge in [0.1, 0.15) is 5.71 Å². The lowest BCUT2D eigenvalue weighted by Crippen LogP contribution is -2.24. The van der Waals surface area contributed by atoms with Crippen molar-refractivity contribution in [1.29, 1.82) is 0 Å². The van der Waals surface area contributed by atoms with Crippen molar-refractivity contribution in [3.05, 3.63) is 65.7 Å². The molecule has 7 heteroatoms. The Morgan fingerprint density at radius 2 is 1.66 bits per heavy atom. The number of likely N-dealkylation sites (tertiary alicyclic amines) is 1. The lowest BCUT2D eigenvalue weighted by atomic mass is 10.0. The second-order valence-corrected chi connectivity index (χ2v) is 8.67. The second kappa shape index (κ2) is 12.7. The summed E-state index contributed by atoms with van der Waals surface area (Å²) >= 11 is 1.86. The van der Waals surface area contributed by atoms with Gasteiger partial charge in [0, 0.05) is 24.4 Å². The van der Waals surface area contributed by atoms with E-state index in [4.69, 9.17) is 0 Å². The van der Waals surface area contributed by atoms with Crippen LogP contribution in [0.25, 0.3) is 0 Å². The number of halogens is 2. The molecule has 0 spiro atoms. The van der Waals surface area contributed by atoms with Gasteiger partial charge in [0.25, 0.3) is 6.43 Å². The van der Waals surface area contributed by atoms with Crippen LogP contribution in [0.4, 0.5) is 14.5 Å². The van der Waals surface area contributed by atoms with Gasteiger partial charge in [-0.05, 0) is 61.1 Å². The molecule has 1 saturated heterocycles. The van der Waals surface area contributed by atoms with Gasteiger partial charge < -0.3 is 9.21 Å². The van der Waals surface area contributed by atoms with Crippen molar-refractivity contribution in [2.75, 3.05) is 29.7 Å². The van der Waals surface area contributed by atoms with Crippen LogP contribution in [-0.2, 0) is 6.54 Å². The first-order chi connectivity index (χ1) is 15.7. The van der Waals surface area contributed by atoms with E-state index in [0.717, 1.165) is 24.4 Å². The molecule has 2 heterocycles. The van der Waals surface area contributed by atoms with E-state index < -0.39 is 6.43 Å². The molecule has 2 aromatic carbocycles. The Bertz CT molecular complexity index is 879. The molecule has 0 aliphatic carbocycles. The van der Waals surface area contributed by atoms with Crippen molar-refractivity contribution in [3.8, 4) is 0 Å². The predicted octanol–water partition coefficient (Wildman–Crippen LogP) is 6.28. The molecule has 0 bridgehead atoms. The standard InChI is InChI=1S/C23H26F2N4S.C2H6/c24-23(25)22-16-21(26-27-22)19-10-8-18(9-11-19)17-29(20-6-2-1-3-7-20)30-15-14-28-12-4-5-13-28;1-2/h1-3,6-11,23H,4-5,12-17H2;1-2H3. The summed E-state index contributed by atoms with van der Waals surface area (Å²) in [5.74, 6) is 1.05. The zero-order valence-corrected chi connectivity index (χ0v) is 19.7. The first-order valence-corrected chi connectivity index (χ1v) is 12.3. The van der Waals surface area contributed by atoms with Crippen LogP contribution in [0.2, 0.25) is 0 Å². The van der Waals surface area contributed by atoms with Crippen LogP contribution >= 0.6 is 11.9 Å². The van der Waals surface area contributed by atoms with E-state index in [2.05, 4.69) is 55.8 Å². The molecule has 1 fully saturated rings. The highest BCUT2D eigenvalue weighted by Crippen LogP contribution is 2.26. The van der Waals surface area contributed by atoms with Gasteiger partial charge in [-0.15, -0.1) is 0 Å². The average molecular weight is 459 g/mol. The van der Waals surface area contributed by atoms with Crippen molar-refractivity contribution >= 4 is 29.1 Å². The van der Waals surface area contributed by atoms with Crippen molar-refractivity contribution in [2.45, 2.75) is 46.1 Å². The van der Waals surface area contributed by atoms with Gasteiger partial charge in [-0.3, -0.25) is 0 Å². The third kappa shape index (κ3) is 6.87. The summed E-state index contributed by atoms with van der Waals surface area (Å²) in [6.45, 7) is 8.32. The van der Waals surface area contributed by atoms with Crippen LogP contribution < -0.4 is 4.31 Å². The van der Waals surface area contributed by atoms with Crippen LogP contribution in [0, 0.1) is 0 Å². The molecule has 32 heavy (non-hydrogen) atoms. The summed E-state index contributed by atoms with van der Waals surface area (Å²) < 4.78 is 27.9. The minimum atomic E-state index is -2.54. The Morgan fingerprint density at radius 3 is 2.28 bits per heavy atom. The van der Waals surface area contributed by atoms with Gasteiger partial charge in [-0.1, -0.05) is 56.3 Å². The Balaban J connectivity index is 0.00000141. The number of benzene rings is 2. The van der Waals surface area contributed by atoms with Gasteiger partial charge in [0.2, 0.25) is 0 Å².